The predicted molar refractivity (Wildman–Crippen MR) is 69.2 cm³/mol. The molecule has 2 nitrogen and oxygen atoms in total. The van der Waals surface area contributed by atoms with Crippen molar-refractivity contribution in [3.63, 3.8) is 0 Å². The third-order valence-corrected chi connectivity index (χ3v) is 4.27. The van der Waals surface area contributed by atoms with Gasteiger partial charge < -0.3 is 5.32 Å². The quantitative estimate of drug-likeness (QED) is 0.876. The zero-order valence-corrected chi connectivity index (χ0v) is 10.3. The van der Waals surface area contributed by atoms with Gasteiger partial charge in [-0.25, -0.2) is 4.98 Å². The Labute approximate surface area is 99.7 Å². The molecular weight excluding hydrogens is 216 g/mol. The van der Waals surface area contributed by atoms with Gasteiger partial charge in [0.1, 0.15) is 0 Å². The highest BCUT2D eigenvalue weighted by atomic mass is 32.1. The SMILES string of the molecule is CNCCc1cccc2sc(C3CC3)nc12. The van der Waals surface area contributed by atoms with Gasteiger partial charge in [0.25, 0.3) is 0 Å². The first-order valence-electron chi connectivity index (χ1n) is 5.91. The van der Waals surface area contributed by atoms with Gasteiger partial charge in [0.15, 0.2) is 0 Å². The van der Waals surface area contributed by atoms with Crippen LogP contribution in [-0.4, -0.2) is 18.6 Å². The number of rotatable bonds is 4. The number of para-hydroxylation sites is 1. The second-order valence-electron chi connectivity index (χ2n) is 4.44. The van der Waals surface area contributed by atoms with Crippen LogP contribution in [0.25, 0.3) is 10.2 Å². The Hall–Kier alpha value is -0.930. The van der Waals surface area contributed by atoms with Gasteiger partial charge >= 0.3 is 0 Å². The minimum Gasteiger partial charge on any atom is -0.319 e. The van der Waals surface area contributed by atoms with Gasteiger partial charge in [-0.2, -0.15) is 0 Å². The molecule has 3 rings (SSSR count). The first-order chi connectivity index (χ1) is 7.88. The van der Waals surface area contributed by atoms with Crippen molar-refractivity contribution in [2.75, 3.05) is 13.6 Å². The number of hydrogen-bond acceptors (Lipinski definition) is 3. The van der Waals surface area contributed by atoms with E-state index < -0.39 is 0 Å². The molecule has 1 fully saturated rings. The lowest BCUT2D eigenvalue weighted by Crippen LogP contribution is -2.10. The summed E-state index contributed by atoms with van der Waals surface area (Å²) in [6.45, 7) is 1.02. The number of benzene rings is 1. The van der Waals surface area contributed by atoms with Crippen molar-refractivity contribution in [3.8, 4) is 0 Å². The van der Waals surface area contributed by atoms with Gasteiger partial charge in [-0.15, -0.1) is 11.3 Å². The molecule has 1 N–H and O–H groups in total. The molecule has 0 radical (unpaired) electrons. The van der Waals surface area contributed by atoms with Crippen LogP contribution in [0.1, 0.15) is 29.3 Å². The Balaban J connectivity index is 1.99. The van der Waals surface area contributed by atoms with Crippen molar-refractivity contribution in [1.29, 1.82) is 0 Å². The summed E-state index contributed by atoms with van der Waals surface area (Å²) in [4.78, 5) is 4.82. The summed E-state index contributed by atoms with van der Waals surface area (Å²) in [5, 5.41) is 4.55. The van der Waals surface area contributed by atoms with Crippen LogP contribution in [0.5, 0.6) is 0 Å². The molecule has 1 aliphatic carbocycles. The molecule has 2 aromatic rings. The van der Waals surface area contributed by atoms with Gasteiger partial charge in [-0.3, -0.25) is 0 Å². The van der Waals surface area contributed by atoms with Crippen molar-refractivity contribution in [2.24, 2.45) is 0 Å². The summed E-state index contributed by atoms with van der Waals surface area (Å²) in [7, 11) is 2.00. The van der Waals surface area contributed by atoms with E-state index in [0.29, 0.717) is 0 Å². The van der Waals surface area contributed by atoms with Crippen LogP contribution in [0.3, 0.4) is 0 Å². The first kappa shape index (κ1) is 10.2. The van der Waals surface area contributed by atoms with Crippen LogP contribution in [-0.2, 0) is 6.42 Å². The van der Waals surface area contributed by atoms with Crippen molar-refractivity contribution in [3.05, 3.63) is 28.8 Å². The molecule has 0 amide bonds. The van der Waals surface area contributed by atoms with E-state index in [4.69, 9.17) is 4.98 Å². The van der Waals surface area contributed by atoms with Gasteiger partial charge in [-0.1, -0.05) is 12.1 Å². The van der Waals surface area contributed by atoms with E-state index in [1.807, 2.05) is 18.4 Å². The lowest BCUT2D eigenvalue weighted by Gasteiger charge is -2.00. The van der Waals surface area contributed by atoms with E-state index in [1.54, 1.807) is 0 Å². The summed E-state index contributed by atoms with van der Waals surface area (Å²) in [6.07, 6.45) is 3.75. The lowest BCUT2D eigenvalue weighted by molar-refractivity contribution is 0.794. The van der Waals surface area contributed by atoms with Crippen molar-refractivity contribution < 1.29 is 0 Å². The Morgan fingerprint density at radius 2 is 2.31 bits per heavy atom. The molecule has 0 aliphatic heterocycles. The van der Waals surface area contributed by atoms with Gasteiger partial charge in [0.2, 0.25) is 0 Å². The maximum absolute atomic E-state index is 4.82. The molecule has 1 aromatic heterocycles. The van der Waals surface area contributed by atoms with E-state index in [9.17, 15) is 0 Å². The zero-order valence-electron chi connectivity index (χ0n) is 9.49. The molecule has 0 bridgehead atoms. The van der Waals surface area contributed by atoms with Crippen LogP contribution in [0.15, 0.2) is 18.2 Å². The molecule has 0 saturated heterocycles. The monoisotopic (exact) mass is 232 g/mol. The van der Waals surface area contributed by atoms with Crippen LogP contribution in [0.4, 0.5) is 0 Å². The number of nitrogens with zero attached hydrogens (tertiary/aromatic N) is 1. The average Bonchev–Trinajstić information content (AvgIpc) is 3.06. The highest BCUT2D eigenvalue weighted by molar-refractivity contribution is 7.18. The molecule has 1 saturated carbocycles. The van der Waals surface area contributed by atoms with Crippen LogP contribution in [0, 0.1) is 0 Å². The number of likely N-dealkylation sites (N-methyl/N-ethyl adjacent to an activating group) is 1. The standard InChI is InChI=1S/C13H16N2S/c1-14-8-7-9-3-2-4-11-12(9)15-13(16-11)10-5-6-10/h2-4,10,14H,5-8H2,1H3. The van der Waals surface area contributed by atoms with Crippen molar-refractivity contribution in [1.82, 2.24) is 10.3 Å². The summed E-state index contributed by atoms with van der Waals surface area (Å²) >= 11 is 1.88. The van der Waals surface area contributed by atoms with Crippen LogP contribution in [0.2, 0.25) is 0 Å². The second-order valence-corrected chi connectivity index (χ2v) is 5.51. The zero-order chi connectivity index (χ0) is 11.0. The summed E-state index contributed by atoms with van der Waals surface area (Å²) in [5.74, 6) is 0.773. The fraction of sp³-hybridized carbons (Fsp3) is 0.462. The highest BCUT2D eigenvalue weighted by Crippen LogP contribution is 2.43. The first-order valence-corrected chi connectivity index (χ1v) is 6.73. The Bertz CT molecular complexity index is 500. The predicted octanol–water partition coefficient (Wildman–Crippen LogP) is 2.94. The van der Waals surface area contributed by atoms with Crippen LogP contribution < -0.4 is 5.32 Å². The second kappa shape index (κ2) is 4.15. The Morgan fingerprint density at radius 3 is 3.06 bits per heavy atom. The third kappa shape index (κ3) is 1.85. The fourth-order valence-corrected chi connectivity index (χ4v) is 3.17. The van der Waals surface area contributed by atoms with E-state index >= 15 is 0 Å². The molecule has 16 heavy (non-hydrogen) atoms. The fourth-order valence-electron chi connectivity index (χ4n) is 1.99. The van der Waals surface area contributed by atoms with E-state index in [2.05, 4.69) is 23.5 Å². The molecular formula is C13H16N2S. The maximum atomic E-state index is 4.82. The topological polar surface area (TPSA) is 24.9 Å². The molecule has 0 atom stereocenters. The van der Waals surface area contributed by atoms with E-state index in [1.165, 1.54) is 33.6 Å². The smallest absolute Gasteiger partial charge is 0.0969 e. The molecule has 1 aromatic carbocycles. The molecule has 0 unspecified atom stereocenters. The molecule has 0 spiro atoms. The van der Waals surface area contributed by atoms with Crippen molar-refractivity contribution >= 4 is 21.6 Å². The summed E-state index contributed by atoms with van der Waals surface area (Å²) in [6, 6.07) is 6.56. The lowest BCUT2D eigenvalue weighted by atomic mass is 10.1. The van der Waals surface area contributed by atoms with Crippen LogP contribution >= 0.6 is 11.3 Å². The van der Waals surface area contributed by atoms with Crippen molar-refractivity contribution in [2.45, 2.75) is 25.2 Å². The third-order valence-electron chi connectivity index (χ3n) is 3.09. The normalized spacial score (nSPS) is 15.8. The van der Waals surface area contributed by atoms with E-state index in [0.717, 1.165) is 18.9 Å². The van der Waals surface area contributed by atoms with E-state index in [-0.39, 0.29) is 0 Å². The Morgan fingerprint density at radius 1 is 1.44 bits per heavy atom. The number of aromatic nitrogens is 1. The number of hydrogen-bond donors (Lipinski definition) is 1. The number of nitrogens with one attached hydrogen (secondary N) is 1. The van der Waals surface area contributed by atoms with Gasteiger partial charge in [-0.05, 0) is 44.5 Å². The summed E-state index contributed by atoms with van der Waals surface area (Å²) in [5.41, 5.74) is 2.62. The van der Waals surface area contributed by atoms with Gasteiger partial charge in [0, 0.05) is 5.92 Å². The largest absolute Gasteiger partial charge is 0.319 e. The highest BCUT2D eigenvalue weighted by Gasteiger charge is 2.27. The molecule has 3 heteroatoms. The molecule has 1 heterocycles. The number of thiazole rings is 1. The minimum atomic E-state index is 0.773. The molecule has 1 aliphatic rings. The summed E-state index contributed by atoms with van der Waals surface area (Å²) < 4.78 is 1.36. The van der Waals surface area contributed by atoms with Gasteiger partial charge in [0.05, 0.1) is 15.2 Å². The maximum Gasteiger partial charge on any atom is 0.0969 e. The minimum absolute atomic E-state index is 0.773. The number of fused-ring (bicyclic) bond motifs is 1. The Kier molecular flexibility index (Phi) is 2.65. The molecule has 84 valence electrons. The average molecular weight is 232 g/mol.